The number of hydrogen-bond acceptors (Lipinski definition) is 1. The monoisotopic (exact) mass is 167 g/mol. The molecule has 0 heterocycles. The van der Waals surface area contributed by atoms with Crippen molar-refractivity contribution in [3.05, 3.63) is 59.7 Å². The Balaban J connectivity index is 2.28. The van der Waals surface area contributed by atoms with Crippen LogP contribution < -0.4 is 0 Å². The second kappa shape index (κ2) is 3.28. The van der Waals surface area contributed by atoms with Crippen LogP contribution in [0.15, 0.2) is 48.6 Å². The Kier molecular flexibility index (Phi) is 1.97. The third kappa shape index (κ3) is 1.52. The zero-order chi connectivity index (χ0) is 9.10. The highest BCUT2D eigenvalue weighted by Gasteiger charge is 2.05. The summed E-state index contributed by atoms with van der Waals surface area (Å²) in [6.07, 6.45) is 8.37. The van der Waals surface area contributed by atoms with Gasteiger partial charge in [0.2, 0.25) is 0 Å². The van der Waals surface area contributed by atoms with Crippen LogP contribution in [0.2, 0.25) is 0 Å². The van der Waals surface area contributed by atoms with Gasteiger partial charge in [0.25, 0.3) is 0 Å². The van der Waals surface area contributed by atoms with Gasteiger partial charge in [-0.1, -0.05) is 36.4 Å². The molecule has 1 aliphatic carbocycles. The smallest absolute Gasteiger partial charge is 0.0991 e. The van der Waals surface area contributed by atoms with Gasteiger partial charge in [-0.15, -0.1) is 0 Å². The molecule has 0 saturated heterocycles. The second-order valence-corrected chi connectivity index (χ2v) is 3.03. The van der Waals surface area contributed by atoms with E-state index in [2.05, 4.69) is 18.2 Å². The van der Waals surface area contributed by atoms with Crippen LogP contribution in [-0.2, 0) is 0 Å². The lowest BCUT2D eigenvalue weighted by atomic mass is 10.00. The van der Waals surface area contributed by atoms with Crippen LogP contribution in [-0.4, -0.2) is 0 Å². The van der Waals surface area contributed by atoms with E-state index in [0.29, 0.717) is 5.92 Å². The molecular formula is C12H9N. The summed E-state index contributed by atoms with van der Waals surface area (Å²) in [7, 11) is 0. The quantitative estimate of drug-likeness (QED) is 0.631. The van der Waals surface area contributed by atoms with E-state index in [1.807, 2.05) is 36.4 Å². The maximum absolute atomic E-state index is 8.62. The molecule has 0 aromatic heterocycles. The van der Waals surface area contributed by atoms with Crippen molar-refractivity contribution >= 4 is 0 Å². The molecule has 13 heavy (non-hydrogen) atoms. The van der Waals surface area contributed by atoms with Gasteiger partial charge >= 0.3 is 0 Å². The van der Waals surface area contributed by atoms with Gasteiger partial charge in [-0.05, 0) is 17.7 Å². The number of allylic oxidation sites excluding steroid dienone is 4. The zero-order valence-corrected chi connectivity index (χ0v) is 7.14. The lowest BCUT2D eigenvalue weighted by Gasteiger charge is -2.04. The topological polar surface area (TPSA) is 23.8 Å². The number of benzene rings is 1. The highest BCUT2D eigenvalue weighted by atomic mass is 14.2. The molecule has 1 heteroatoms. The fourth-order valence-electron chi connectivity index (χ4n) is 1.43. The standard InChI is InChI=1S/C12H9N/c13-9-10-5-7-12(8-6-10)11-3-1-2-4-11/h1-8,11H. The Labute approximate surface area is 77.6 Å². The van der Waals surface area contributed by atoms with Crippen molar-refractivity contribution in [2.24, 2.45) is 0 Å². The number of rotatable bonds is 1. The highest BCUT2D eigenvalue weighted by Crippen LogP contribution is 2.22. The maximum Gasteiger partial charge on any atom is 0.0991 e. The third-order valence-electron chi connectivity index (χ3n) is 2.17. The van der Waals surface area contributed by atoms with E-state index in [-0.39, 0.29) is 0 Å². The minimum Gasteiger partial charge on any atom is -0.192 e. The molecule has 0 saturated carbocycles. The van der Waals surface area contributed by atoms with Crippen molar-refractivity contribution in [3.63, 3.8) is 0 Å². The molecule has 0 spiro atoms. The largest absolute Gasteiger partial charge is 0.192 e. The van der Waals surface area contributed by atoms with Crippen LogP contribution in [0.1, 0.15) is 17.0 Å². The average Bonchev–Trinajstić information content (AvgIpc) is 2.71. The molecule has 0 unspecified atom stereocenters. The number of nitriles is 1. The van der Waals surface area contributed by atoms with Crippen LogP contribution >= 0.6 is 0 Å². The first kappa shape index (κ1) is 7.82. The fourth-order valence-corrected chi connectivity index (χ4v) is 1.43. The summed E-state index contributed by atoms with van der Waals surface area (Å²) in [5.74, 6) is 0.396. The van der Waals surface area contributed by atoms with Gasteiger partial charge in [0.15, 0.2) is 0 Å². The van der Waals surface area contributed by atoms with Gasteiger partial charge in [-0.2, -0.15) is 5.26 Å². The van der Waals surface area contributed by atoms with Crippen molar-refractivity contribution < 1.29 is 0 Å². The minimum atomic E-state index is 0.396. The summed E-state index contributed by atoms with van der Waals surface area (Å²) in [5, 5.41) is 8.62. The fraction of sp³-hybridized carbons (Fsp3) is 0.0833. The molecule has 2 rings (SSSR count). The van der Waals surface area contributed by atoms with Crippen molar-refractivity contribution in [3.8, 4) is 6.07 Å². The molecule has 0 aliphatic heterocycles. The van der Waals surface area contributed by atoms with Crippen molar-refractivity contribution in [2.45, 2.75) is 5.92 Å². The van der Waals surface area contributed by atoms with E-state index in [1.54, 1.807) is 0 Å². The van der Waals surface area contributed by atoms with Crippen LogP contribution in [0.25, 0.3) is 0 Å². The summed E-state index contributed by atoms with van der Waals surface area (Å²) in [6, 6.07) is 9.83. The summed E-state index contributed by atoms with van der Waals surface area (Å²) in [6.45, 7) is 0. The van der Waals surface area contributed by atoms with Crippen LogP contribution in [0.4, 0.5) is 0 Å². The molecule has 0 atom stereocenters. The van der Waals surface area contributed by atoms with Crippen molar-refractivity contribution in [1.29, 1.82) is 5.26 Å². The Morgan fingerprint density at radius 3 is 2.15 bits per heavy atom. The average molecular weight is 167 g/mol. The highest BCUT2D eigenvalue weighted by molar-refractivity contribution is 5.38. The lowest BCUT2D eigenvalue weighted by Crippen LogP contribution is -1.88. The molecule has 62 valence electrons. The van der Waals surface area contributed by atoms with E-state index < -0.39 is 0 Å². The van der Waals surface area contributed by atoms with Gasteiger partial charge in [0.1, 0.15) is 0 Å². The summed E-state index contributed by atoms with van der Waals surface area (Å²) in [5.41, 5.74) is 1.96. The maximum atomic E-state index is 8.62. The van der Waals surface area contributed by atoms with E-state index in [0.717, 1.165) is 5.56 Å². The normalized spacial score (nSPS) is 14.7. The molecule has 0 bridgehead atoms. The predicted octanol–water partition coefficient (Wildman–Crippen LogP) is 2.77. The van der Waals surface area contributed by atoms with Crippen molar-refractivity contribution in [2.75, 3.05) is 0 Å². The van der Waals surface area contributed by atoms with Crippen LogP contribution in [0.3, 0.4) is 0 Å². The first-order valence-electron chi connectivity index (χ1n) is 4.25. The Morgan fingerprint density at radius 1 is 1.00 bits per heavy atom. The zero-order valence-electron chi connectivity index (χ0n) is 7.14. The Morgan fingerprint density at radius 2 is 1.62 bits per heavy atom. The molecule has 1 aromatic rings. The van der Waals surface area contributed by atoms with Gasteiger partial charge in [0, 0.05) is 5.92 Å². The van der Waals surface area contributed by atoms with Gasteiger partial charge in [-0.25, -0.2) is 0 Å². The molecule has 0 fully saturated rings. The second-order valence-electron chi connectivity index (χ2n) is 3.03. The predicted molar refractivity (Wildman–Crippen MR) is 52.2 cm³/mol. The molecule has 0 radical (unpaired) electrons. The first-order chi connectivity index (χ1) is 6.40. The SMILES string of the molecule is N#Cc1ccc(C2C=CC=C2)cc1. The van der Waals surface area contributed by atoms with Crippen LogP contribution in [0.5, 0.6) is 0 Å². The summed E-state index contributed by atoms with van der Waals surface area (Å²) >= 11 is 0. The van der Waals surface area contributed by atoms with Crippen molar-refractivity contribution in [1.82, 2.24) is 0 Å². The third-order valence-corrected chi connectivity index (χ3v) is 2.17. The number of hydrogen-bond donors (Lipinski definition) is 0. The van der Waals surface area contributed by atoms with E-state index >= 15 is 0 Å². The summed E-state index contributed by atoms with van der Waals surface area (Å²) < 4.78 is 0. The lowest BCUT2D eigenvalue weighted by molar-refractivity contribution is 1.10. The van der Waals surface area contributed by atoms with Crippen LogP contribution in [0, 0.1) is 11.3 Å². The number of nitrogens with zero attached hydrogens (tertiary/aromatic N) is 1. The first-order valence-corrected chi connectivity index (χ1v) is 4.25. The summed E-state index contributed by atoms with van der Waals surface area (Å²) in [4.78, 5) is 0. The Hall–Kier alpha value is -1.81. The molecule has 0 amide bonds. The molecular weight excluding hydrogens is 158 g/mol. The van der Waals surface area contributed by atoms with Gasteiger partial charge in [0.05, 0.1) is 11.6 Å². The Bertz CT molecular complexity index is 378. The van der Waals surface area contributed by atoms with E-state index in [4.69, 9.17) is 5.26 Å². The molecule has 1 aliphatic rings. The molecule has 1 nitrogen and oxygen atoms in total. The van der Waals surface area contributed by atoms with E-state index in [1.165, 1.54) is 5.56 Å². The van der Waals surface area contributed by atoms with Gasteiger partial charge < -0.3 is 0 Å². The molecule has 1 aromatic carbocycles. The minimum absolute atomic E-state index is 0.396. The van der Waals surface area contributed by atoms with Gasteiger partial charge in [-0.3, -0.25) is 0 Å². The van der Waals surface area contributed by atoms with E-state index in [9.17, 15) is 0 Å². The molecule has 0 N–H and O–H groups in total.